The van der Waals surface area contributed by atoms with Crippen LogP contribution in [-0.4, -0.2) is 34.8 Å². The van der Waals surface area contributed by atoms with Crippen LogP contribution in [0.1, 0.15) is 46.4 Å². The first-order chi connectivity index (χ1) is 9.50. The first-order valence-corrected chi connectivity index (χ1v) is 7.47. The van der Waals surface area contributed by atoms with Crippen molar-refractivity contribution in [2.45, 2.75) is 47.0 Å². The number of aromatic nitrogens is 2. The third-order valence-electron chi connectivity index (χ3n) is 3.18. The van der Waals surface area contributed by atoms with Gasteiger partial charge in [0.25, 0.3) is 0 Å². The minimum atomic E-state index is 0.0447. The Bertz CT molecular complexity index is 407. The number of nitrogens with one attached hydrogen (secondary N) is 2. The molecule has 1 aromatic rings. The predicted molar refractivity (Wildman–Crippen MR) is 84.2 cm³/mol. The molecule has 0 spiro atoms. The van der Waals surface area contributed by atoms with Gasteiger partial charge in [-0.3, -0.25) is 0 Å². The van der Waals surface area contributed by atoms with Gasteiger partial charge in [0.2, 0.25) is 0 Å². The van der Waals surface area contributed by atoms with Crippen molar-refractivity contribution in [3.05, 3.63) is 11.9 Å². The second kappa shape index (κ2) is 8.04. The summed E-state index contributed by atoms with van der Waals surface area (Å²) in [6.07, 6.45) is 2.65. The first kappa shape index (κ1) is 16.7. The number of aryl methyl sites for hydroxylation is 1. The van der Waals surface area contributed by atoms with Gasteiger partial charge in [-0.2, -0.15) is 0 Å². The Balaban J connectivity index is 2.73. The summed E-state index contributed by atoms with van der Waals surface area (Å²) in [5.41, 5.74) is 0.0447. The largest absolute Gasteiger partial charge is 0.396 e. The smallest absolute Gasteiger partial charge is 0.132 e. The lowest BCUT2D eigenvalue weighted by atomic mass is 9.90. The Labute approximate surface area is 122 Å². The highest BCUT2D eigenvalue weighted by molar-refractivity contribution is 5.47. The number of hydrogen-bond acceptors (Lipinski definition) is 5. The highest BCUT2D eigenvalue weighted by Gasteiger charge is 2.17. The fraction of sp³-hybridized carbons (Fsp3) is 0.733. The van der Waals surface area contributed by atoms with Crippen molar-refractivity contribution >= 4 is 11.6 Å². The molecule has 0 saturated carbocycles. The number of hydrogen-bond donors (Lipinski definition) is 3. The van der Waals surface area contributed by atoms with E-state index in [1.165, 1.54) is 0 Å². The Morgan fingerprint density at radius 3 is 2.35 bits per heavy atom. The Kier molecular flexibility index (Phi) is 6.71. The van der Waals surface area contributed by atoms with Gasteiger partial charge >= 0.3 is 0 Å². The second-order valence-corrected chi connectivity index (χ2v) is 5.83. The van der Waals surface area contributed by atoms with Gasteiger partial charge in [-0.05, 0) is 18.3 Å². The lowest BCUT2D eigenvalue weighted by Crippen LogP contribution is -2.25. The third kappa shape index (κ3) is 5.74. The van der Waals surface area contributed by atoms with Crippen molar-refractivity contribution in [2.75, 3.05) is 30.3 Å². The molecule has 114 valence electrons. The molecule has 5 nitrogen and oxygen atoms in total. The van der Waals surface area contributed by atoms with Gasteiger partial charge in [-0.25, -0.2) is 9.97 Å². The zero-order valence-electron chi connectivity index (χ0n) is 13.2. The van der Waals surface area contributed by atoms with Crippen molar-refractivity contribution in [1.29, 1.82) is 0 Å². The fourth-order valence-corrected chi connectivity index (χ4v) is 1.81. The number of rotatable bonds is 9. The van der Waals surface area contributed by atoms with Gasteiger partial charge in [0.05, 0.1) is 0 Å². The molecule has 0 saturated heterocycles. The van der Waals surface area contributed by atoms with Crippen LogP contribution in [-0.2, 0) is 6.42 Å². The molecule has 0 amide bonds. The van der Waals surface area contributed by atoms with Crippen molar-refractivity contribution in [3.8, 4) is 0 Å². The van der Waals surface area contributed by atoms with Crippen LogP contribution in [0.2, 0.25) is 0 Å². The average Bonchev–Trinajstić information content (AvgIpc) is 2.43. The predicted octanol–water partition coefficient (Wildman–Crippen LogP) is 2.68. The molecule has 0 radical (unpaired) electrons. The van der Waals surface area contributed by atoms with Gasteiger partial charge in [0.1, 0.15) is 17.5 Å². The van der Waals surface area contributed by atoms with E-state index in [0.29, 0.717) is 0 Å². The van der Waals surface area contributed by atoms with Crippen LogP contribution in [0.3, 0.4) is 0 Å². The van der Waals surface area contributed by atoms with Crippen LogP contribution in [0, 0.1) is 5.41 Å². The van der Waals surface area contributed by atoms with Crippen LogP contribution in [0.4, 0.5) is 11.6 Å². The van der Waals surface area contributed by atoms with Crippen LogP contribution in [0.5, 0.6) is 0 Å². The summed E-state index contributed by atoms with van der Waals surface area (Å²) in [6, 6.07) is 1.95. The fourth-order valence-electron chi connectivity index (χ4n) is 1.81. The van der Waals surface area contributed by atoms with Crippen molar-refractivity contribution < 1.29 is 5.11 Å². The van der Waals surface area contributed by atoms with Crippen LogP contribution >= 0.6 is 0 Å². The van der Waals surface area contributed by atoms with Crippen LogP contribution in [0.25, 0.3) is 0 Å². The van der Waals surface area contributed by atoms with Gasteiger partial charge in [-0.15, -0.1) is 0 Å². The lowest BCUT2D eigenvalue weighted by Gasteiger charge is -2.24. The zero-order valence-corrected chi connectivity index (χ0v) is 13.2. The maximum absolute atomic E-state index is 9.06. The number of anilines is 2. The average molecular weight is 280 g/mol. The first-order valence-electron chi connectivity index (χ1n) is 7.47. The molecule has 0 aliphatic rings. The molecule has 1 heterocycles. The van der Waals surface area contributed by atoms with E-state index in [2.05, 4.69) is 48.3 Å². The van der Waals surface area contributed by atoms with Gasteiger partial charge in [0.15, 0.2) is 0 Å². The molecule has 0 atom stereocenters. The van der Waals surface area contributed by atoms with Gasteiger partial charge in [0, 0.05) is 32.2 Å². The molecule has 0 aliphatic carbocycles. The van der Waals surface area contributed by atoms with E-state index >= 15 is 0 Å². The zero-order chi connectivity index (χ0) is 15.0. The van der Waals surface area contributed by atoms with E-state index in [0.717, 1.165) is 49.8 Å². The Morgan fingerprint density at radius 1 is 1.15 bits per heavy atom. The molecule has 0 aliphatic heterocycles. The summed E-state index contributed by atoms with van der Waals surface area (Å²) in [7, 11) is 0. The molecule has 3 N–H and O–H groups in total. The lowest BCUT2D eigenvalue weighted by molar-refractivity contribution is 0.220. The summed E-state index contributed by atoms with van der Waals surface area (Å²) in [5.74, 6) is 2.57. The molecule has 0 aromatic carbocycles. The maximum Gasteiger partial charge on any atom is 0.132 e. The van der Waals surface area contributed by atoms with Crippen LogP contribution in [0.15, 0.2) is 6.07 Å². The summed E-state index contributed by atoms with van der Waals surface area (Å²) in [6.45, 7) is 10.4. The minimum absolute atomic E-state index is 0.0447. The van der Waals surface area contributed by atoms with E-state index in [-0.39, 0.29) is 12.0 Å². The minimum Gasteiger partial charge on any atom is -0.396 e. The van der Waals surface area contributed by atoms with Crippen molar-refractivity contribution in [2.24, 2.45) is 5.41 Å². The normalized spacial score (nSPS) is 11.4. The summed E-state index contributed by atoms with van der Waals surface area (Å²) in [4.78, 5) is 8.97. The van der Waals surface area contributed by atoms with E-state index < -0.39 is 0 Å². The molecular weight excluding hydrogens is 252 g/mol. The van der Waals surface area contributed by atoms with Crippen LogP contribution < -0.4 is 10.6 Å². The summed E-state index contributed by atoms with van der Waals surface area (Å²) < 4.78 is 0. The highest BCUT2D eigenvalue weighted by atomic mass is 16.3. The molecule has 5 heteroatoms. The van der Waals surface area contributed by atoms with Crippen molar-refractivity contribution in [1.82, 2.24) is 9.97 Å². The Hall–Kier alpha value is -1.36. The van der Waals surface area contributed by atoms with Gasteiger partial charge in [-0.1, -0.05) is 27.7 Å². The third-order valence-corrected chi connectivity index (χ3v) is 3.18. The number of nitrogens with zero attached hydrogens (tertiary/aromatic N) is 2. The molecule has 0 bridgehead atoms. The summed E-state index contributed by atoms with van der Waals surface area (Å²) in [5, 5.41) is 15.7. The van der Waals surface area contributed by atoms with Crippen molar-refractivity contribution in [3.63, 3.8) is 0 Å². The molecular formula is C15H28N4O. The van der Waals surface area contributed by atoms with E-state index in [1.54, 1.807) is 0 Å². The maximum atomic E-state index is 9.06. The standard InChI is InChI=1S/C15H28N4O/c1-5-8-16-13-10-14(19-12(6-2)18-13)17-11-15(3,4)7-9-20/h10,20H,5-9,11H2,1-4H3,(H2,16,17,18,19). The Morgan fingerprint density at radius 2 is 1.80 bits per heavy atom. The number of aliphatic hydroxyl groups is 1. The molecule has 0 fully saturated rings. The number of aliphatic hydroxyl groups excluding tert-OH is 1. The van der Waals surface area contributed by atoms with E-state index in [1.807, 2.05) is 6.07 Å². The SMILES string of the molecule is CCCNc1cc(NCC(C)(C)CCO)nc(CC)n1. The van der Waals surface area contributed by atoms with Gasteiger partial charge < -0.3 is 15.7 Å². The molecule has 0 unspecified atom stereocenters. The molecule has 1 aromatic heterocycles. The quantitative estimate of drug-likeness (QED) is 0.649. The van der Waals surface area contributed by atoms with E-state index in [9.17, 15) is 0 Å². The molecule has 1 rings (SSSR count). The summed E-state index contributed by atoms with van der Waals surface area (Å²) >= 11 is 0. The molecule has 20 heavy (non-hydrogen) atoms. The van der Waals surface area contributed by atoms with E-state index in [4.69, 9.17) is 5.11 Å². The topological polar surface area (TPSA) is 70.1 Å². The highest BCUT2D eigenvalue weighted by Crippen LogP contribution is 2.21. The second-order valence-electron chi connectivity index (χ2n) is 5.83. The monoisotopic (exact) mass is 280 g/mol.